The van der Waals surface area contributed by atoms with E-state index < -0.39 is 16.3 Å². The average Bonchev–Trinajstić information content (AvgIpc) is 3.31. The highest BCUT2D eigenvalue weighted by molar-refractivity contribution is 7.89. The van der Waals surface area contributed by atoms with E-state index in [1.54, 1.807) is 18.4 Å². The molecule has 2 heterocycles. The zero-order valence-electron chi connectivity index (χ0n) is 22.0. The molecule has 194 valence electrons. The average molecular weight is 519 g/mol. The van der Waals surface area contributed by atoms with Crippen LogP contribution in [0.15, 0.2) is 76.2 Å². The number of fused-ring (bicyclic) bond motifs is 2. The van der Waals surface area contributed by atoms with Gasteiger partial charge in [0.2, 0.25) is 10.0 Å². The molecule has 0 amide bonds. The lowest BCUT2D eigenvalue weighted by molar-refractivity contribution is -0.0215. The fourth-order valence-electron chi connectivity index (χ4n) is 5.15. The van der Waals surface area contributed by atoms with Gasteiger partial charge in [0, 0.05) is 18.4 Å². The molecule has 0 aliphatic carbocycles. The van der Waals surface area contributed by atoms with E-state index in [1.165, 1.54) is 5.56 Å². The van der Waals surface area contributed by atoms with Gasteiger partial charge in [-0.25, -0.2) is 8.42 Å². The molecule has 37 heavy (non-hydrogen) atoms. The first-order chi connectivity index (χ1) is 17.6. The van der Waals surface area contributed by atoms with Crippen molar-refractivity contribution in [3.63, 3.8) is 0 Å². The molecule has 6 nitrogen and oxygen atoms in total. The first kappa shape index (κ1) is 25.7. The molecule has 0 spiro atoms. The molecule has 4 aromatic rings. The summed E-state index contributed by atoms with van der Waals surface area (Å²) in [7, 11) is 0.240. The zero-order chi connectivity index (χ0) is 26.3. The maximum absolute atomic E-state index is 13.2. The molecule has 1 N–H and O–H groups in total. The summed E-state index contributed by atoms with van der Waals surface area (Å²) in [6, 6.07) is 19.6. The van der Waals surface area contributed by atoms with E-state index in [-0.39, 0.29) is 16.9 Å². The Morgan fingerprint density at radius 2 is 1.76 bits per heavy atom. The monoisotopic (exact) mass is 518 g/mol. The van der Waals surface area contributed by atoms with Gasteiger partial charge in [-0.05, 0) is 96.7 Å². The second-order valence-electron chi connectivity index (χ2n) is 10.4. The zero-order valence-corrected chi connectivity index (χ0v) is 22.8. The molecule has 2 unspecified atom stereocenters. The first-order valence-electron chi connectivity index (χ1n) is 12.7. The number of hydrogen-bond acceptors (Lipinski definition) is 5. The fraction of sp³-hybridized carbons (Fsp3) is 0.333. The summed E-state index contributed by atoms with van der Waals surface area (Å²) in [5.41, 5.74) is 7.65. The number of ether oxygens (including phenoxy) is 1. The first-order valence-corrected chi connectivity index (χ1v) is 14.1. The van der Waals surface area contributed by atoms with Crippen LogP contribution in [0.2, 0.25) is 0 Å². The highest BCUT2D eigenvalue weighted by atomic mass is 32.2. The van der Waals surface area contributed by atoms with E-state index in [0.29, 0.717) is 6.42 Å². The lowest BCUT2D eigenvalue weighted by atomic mass is 9.84. The molecule has 0 fully saturated rings. The van der Waals surface area contributed by atoms with Crippen LogP contribution in [-0.2, 0) is 27.7 Å². The summed E-state index contributed by atoms with van der Waals surface area (Å²) in [5.74, 6) is 0.276. The second-order valence-corrected chi connectivity index (χ2v) is 12.1. The quantitative estimate of drug-likeness (QED) is 0.314. The molecule has 7 heteroatoms. The number of hydrogen-bond donors (Lipinski definition) is 1. The van der Waals surface area contributed by atoms with Crippen LogP contribution < -0.4 is 4.72 Å². The van der Waals surface area contributed by atoms with Crippen LogP contribution in [0.25, 0.3) is 22.1 Å². The Bertz CT molecular complexity index is 1500. The predicted molar refractivity (Wildman–Crippen MR) is 147 cm³/mol. The maximum atomic E-state index is 13.2. The second kappa shape index (κ2) is 10.1. The van der Waals surface area contributed by atoms with Crippen molar-refractivity contribution >= 4 is 21.0 Å². The van der Waals surface area contributed by atoms with Crippen molar-refractivity contribution in [1.29, 1.82) is 0 Å². The molecule has 1 aliphatic heterocycles. The van der Waals surface area contributed by atoms with E-state index in [0.717, 1.165) is 45.3 Å². The van der Waals surface area contributed by atoms with Gasteiger partial charge in [-0.3, -0.25) is 0 Å². The minimum atomic E-state index is -3.73. The number of nitrogens with zero attached hydrogens (tertiary/aromatic N) is 1. The number of sulfonamides is 1. The third-order valence-electron chi connectivity index (χ3n) is 6.94. The van der Waals surface area contributed by atoms with E-state index in [9.17, 15) is 8.42 Å². The number of furan rings is 1. The van der Waals surface area contributed by atoms with Crippen LogP contribution in [-0.4, -0.2) is 33.6 Å². The molecule has 0 radical (unpaired) electrons. The number of nitrogens with one attached hydrogen (secondary N) is 1. The van der Waals surface area contributed by atoms with Crippen molar-refractivity contribution in [3.05, 3.63) is 89.2 Å². The van der Waals surface area contributed by atoms with Crippen molar-refractivity contribution in [2.75, 3.05) is 14.1 Å². The predicted octanol–water partition coefficient (Wildman–Crippen LogP) is 6.22. The molecular formula is C30H34N2O4S. The largest absolute Gasteiger partial charge is 0.464 e. The summed E-state index contributed by atoms with van der Waals surface area (Å²) in [6.45, 7) is 7.09. The fourth-order valence-corrected chi connectivity index (χ4v) is 6.26. The lowest BCUT2D eigenvalue weighted by Gasteiger charge is -2.33. The smallest absolute Gasteiger partial charge is 0.242 e. The van der Waals surface area contributed by atoms with Gasteiger partial charge < -0.3 is 14.1 Å². The third-order valence-corrected chi connectivity index (χ3v) is 8.41. The van der Waals surface area contributed by atoms with Gasteiger partial charge in [0.05, 0.1) is 17.3 Å². The summed E-state index contributed by atoms with van der Waals surface area (Å²) in [4.78, 5) is 2.29. The van der Waals surface area contributed by atoms with Gasteiger partial charge in [0.1, 0.15) is 11.8 Å². The molecule has 2 atom stereocenters. The summed E-state index contributed by atoms with van der Waals surface area (Å²) in [5, 5.41) is 1.06. The topological polar surface area (TPSA) is 71.8 Å². The molecule has 0 saturated carbocycles. The molecular weight excluding hydrogens is 484 g/mol. The van der Waals surface area contributed by atoms with Gasteiger partial charge in [0.15, 0.2) is 0 Å². The van der Waals surface area contributed by atoms with Crippen LogP contribution in [0.4, 0.5) is 0 Å². The van der Waals surface area contributed by atoms with Crippen molar-refractivity contribution in [2.45, 2.75) is 56.9 Å². The summed E-state index contributed by atoms with van der Waals surface area (Å²) in [6.07, 6.45) is 1.29. The number of rotatable bonds is 7. The van der Waals surface area contributed by atoms with Crippen LogP contribution in [0, 0.1) is 0 Å². The van der Waals surface area contributed by atoms with Crippen molar-refractivity contribution in [3.8, 4) is 11.1 Å². The highest BCUT2D eigenvalue weighted by Gasteiger charge is 2.31. The van der Waals surface area contributed by atoms with Gasteiger partial charge in [-0.2, -0.15) is 4.72 Å². The van der Waals surface area contributed by atoms with Crippen LogP contribution in [0.1, 0.15) is 55.0 Å². The Kier molecular flexibility index (Phi) is 6.98. The van der Waals surface area contributed by atoms with Crippen molar-refractivity contribution < 1.29 is 17.6 Å². The molecule has 5 rings (SSSR count). The Morgan fingerprint density at radius 1 is 1.00 bits per heavy atom. The Hall–Kier alpha value is -2.97. The molecule has 0 saturated heterocycles. The highest BCUT2D eigenvalue weighted by Crippen LogP contribution is 2.39. The minimum absolute atomic E-state index is 0.242. The molecule has 3 aromatic carbocycles. The lowest BCUT2D eigenvalue weighted by Crippen LogP contribution is -2.41. The SMILES string of the molecule is CC(C)c1cc(-c2ccc3occc3c2)cc2c1CC(NS(=O)(=O)c1ccc(CN(C)C)cc1)OC2C. The van der Waals surface area contributed by atoms with Crippen LogP contribution in [0.5, 0.6) is 0 Å². The van der Waals surface area contributed by atoms with E-state index in [1.807, 2.05) is 50.2 Å². The van der Waals surface area contributed by atoms with Gasteiger partial charge in [0.25, 0.3) is 0 Å². The molecule has 1 aliphatic rings. The summed E-state index contributed by atoms with van der Waals surface area (Å²) >= 11 is 0. The Balaban J connectivity index is 1.43. The minimum Gasteiger partial charge on any atom is -0.464 e. The molecule has 0 bridgehead atoms. The Labute approximate surface area is 219 Å². The molecule has 1 aromatic heterocycles. The van der Waals surface area contributed by atoms with E-state index >= 15 is 0 Å². The van der Waals surface area contributed by atoms with Crippen molar-refractivity contribution in [2.24, 2.45) is 0 Å². The number of benzene rings is 3. The maximum Gasteiger partial charge on any atom is 0.242 e. The van der Waals surface area contributed by atoms with Gasteiger partial charge in [-0.15, -0.1) is 0 Å². The Morgan fingerprint density at radius 3 is 2.46 bits per heavy atom. The van der Waals surface area contributed by atoms with Crippen molar-refractivity contribution in [1.82, 2.24) is 9.62 Å². The van der Waals surface area contributed by atoms with Crippen LogP contribution in [0.3, 0.4) is 0 Å². The normalized spacial score (nSPS) is 18.0. The van der Waals surface area contributed by atoms with Gasteiger partial charge in [-0.1, -0.05) is 38.1 Å². The van der Waals surface area contributed by atoms with Crippen LogP contribution >= 0.6 is 0 Å². The standard InChI is InChI=1S/C30H34N2O4S/c1-19(2)26-15-24(22-8-11-29-23(14-22)12-13-35-29)16-27-20(3)36-30(17-28(26)27)31-37(33,34)25-9-6-21(7-10-25)18-32(4)5/h6-16,19-20,30-31H,17-18H2,1-5H3. The third kappa shape index (κ3) is 5.36. The van der Waals surface area contributed by atoms with E-state index in [4.69, 9.17) is 9.15 Å². The van der Waals surface area contributed by atoms with E-state index in [2.05, 4.69) is 42.8 Å². The van der Waals surface area contributed by atoms with Gasteiger partial charge >= 0.3 is 0 Å². The summed E-state index contributed by atoms with van der Waals surface area (Å²) < 4.78 is 40.9.